The molecule has 21 heavy (non-hydrogen) atoms. The smallest absolute Gasteiger partial charge is 0.127 e. The molecule has 0 aliphatic carbocycles. The van der Waals surface area contributed by atoms with E-state index in [-0.39, 0.29) is 0 Å². The number of aromatic nitrogens is 1. The van der Waals surface area contributed by atoms with Crippen LogP contribution in [-0.4, -0.2) is 11.2 Å². The molecule has 0 fully saturated rings. The summed E-state index contributed by atoms with van der Waals surface area (Å²) in [5, 5.41) is 2.00. The fourth-order valence-corrected chi connectivity index (χ4v) is 3.72. The third kappa shape index (κ3) is 2.25. The van der Waals surface area contributed by atoms with Crippen LogP contribution in [0.2, 0.25) is 5.02 Å². The minimum atomic E-state index is 0.751. The summed E-state index contributed by atoms with van der Waals surface area (Å²) < 4.78 is 9.13. The Morgan fingerprint density at radius 3 is 3.05 bits per heavy atom. The molecular weight excluding hydrogens is 350 g/mol. The largest absolute Gasteiger partial charge is 0.493 e. The maximum absolute atomic E-state index is 6.24. The second kappa shape index (κ2) is 5.08. The molecule has 1 aliphatic heterocycles. The van der Waals surface area contributed by atoms with E-state index in [1.54, 1.807) is 0 Å². The summed E-state index contributed by atoms with van der Waals surface area (Å²) in [7, 11) is 0. The second-order valence-corrected chi connectivity index (χ2v) is 6.56. The average molecular weight is 363 g/mol. The highest BCUT2D eigenvalue weighted by molar-refractivity contribution is 9.10. The SMILES string of the molecule is Clc1cc2c(c(Cn3ccc4c(Br)cccc43)c1)OCC2. The van der Waals surface area contributed by atoms with Gasteiger partial charge in [0.15, 0.2) is 0 Å². The van der Waals surface area contributed by atoms with E-state index in [1.165, 1.54) is 16.5 Å². The van der Waals surface area contributed by atoms with E-state index in [4.69, 9.17) is 16.3 Å². The van der Waals surface area contributed by atoms with Crippen LogP contribution in [0.25, 0.3) is 10.9 Å². The predicted octanol–water partition coefficient (Wildman–Crippen LogP) is 5.04. The Labute approximate surface area is 136 Å². The Morgan fingerprint density at radius 2 is 2.14 bits per heavy atom. The highest BCUT2D eigenvalue weighted by Gasteiger charge is 2.18. The Balaban J connectivity index is 1.81. The monoisotopic (exact) mass is 361 g/mol. The zero-order valence-electron chi connectivity index (χ0n) is 11.3. The van der Waals surface area contributed by atoms with Crippen molar-refractivity contribution in [3.05, 3.63) is 63.2 Å². The summed E-state index contributed by atoms with van der Waals surface area (Å²) in [5.41, 5.74) is 3.57. The standard InChI is InChI=1S/C17H13BrClNO/c18-15-2-1-3-16-14(15)4-6-20(16)10-12-9-13(19)8-11-5-7-21-17(11)12/h1-4,6,8-9H,5,7,10H2. The molecule has 2 aromatic carbocycles. The number of benzene rings is 2. The molecule has 2 nitrogen and oxygen atoms in total. The van der Waals surface area contributed by atoms with Gasteiger partial charge in [0, 0.05) is 38.6 Å². The summed E-state index contributed by atoms with van der Waals surface area (Å²) in [6, 6.07) is 12.4. The maximum Gasteiger partial charge on any atom is 0.127 e. The number of rotatable bonds is 2. The van der Waals surface area contributed by atoms with E-state index in [1.807, 2.05) is 12.1 Å². The van der Waals surface area contributed by atoms with Gasteiger partial charge in [-0.1, -0.05) is 33.6 Å². The molecule has 0 bridgehead atoms. The van der Waals surface area contributed by atoms with Crippen molar-refractivity contribution >= 4 is 38.4 Å². The summed E-state index contributed by atoms with van der Waals surface area (Å²) in [5.74, 6) is 1.01. The van der Waals surface area contributed by atoms with Crippen LogP contribution < -0.4 is 4.74 Å². The number of fused-ring (bicyclic) bond motifs is 2. The first-order valence-corrected chi connectivity index (χ1v) is 8.07. The zero-order valence-corrected chi connectivity index (χ0v) is 13.6. The van der Waals surface area contributed by atoms with Crippen molar-refractivity contribution in [1.82, 2.24) is 4.57 Å². The molecule has 1 aromatic heterocycles. The topological polar surface area (TPSA) is 14.2 Å². The molecule has 106 valence electrons. The van der Waals surface area contributed by atoms with Crippen LogP contribution in [0.4, 0.5) is 0 Å². The quantitative estimate of drug-likeness (QED) is 0.623. The molecule has 0 unspecified atom stereocenters. The number of nitrogens with zero attached hydrogens (tertiary/aromatic N) is 1. The second-order valence-electron chi connectivity index (χ2n) is 5.27. The van der Waals surface area contributed by atoms with Crippen molar-refractivity contribution in [3.63, 3.8) is 0 Å². The minimum Gasteiger partial charge on any atom is -0.493 e. The highest BCUT2D eigenvalue weighted by atomic mass is 79.9. The fourth-order valence-electron chi connectivity index (χ4n) is 2.97. The molecule has 0 saturated heterocycles. The van der Waals surface area contributed by atoms with Gasteiger partial charge >= 0.3 is 0 Å². The van der Waals surface area contributed by atoms with Gasteiger partial charge in [0.05, 0.1) is 13.2 Å². The summed E-state index contributed by atoms with van der Waals surface area (Å²) in [6.45, 7) is 1.52. The zero-order chi connectivity index (χ0) is 14.4. The van der Waals surface area contributed by atoms with Gasteiger partial charge in [0.2, 0.25) is 0 Å². The van der Waals surface area contributed by atoms with Crippen molar-refractivity contribution in [2.75, 3.05) is 6.61 Å². The van der Waals surface area contributed by atoms with Crippen LogP contribution in [0.3, 0.4) is 0 Å². The molecule has 0 amide bonds. The normalized spacial score (nSPS) is 13.4. The van der Waals surface area contributed by atoms with Crippen molar-refractivity contribution in [2.45, 2.75) is 13.0 Å². The minimum absolute atomic E-state index is 0.751. The van der Waals surface area contributed by atoms with Gasteiger partial charge in [-0.05, 0) is 35.9 Å². The number of hydrogen-bond acceptors (Lipinski definition) is 1. The first kappa shape index (κ1) is 13.2. The molecule has 4 heteroatoms. The van der Waals surface area contributed by atoms with Gasteiger partial charge < -0.3 is 9.30 Å². The number of halogens is 2. The molecular formula is C17H13BrClNO. The predicted molar refractivity (Wildman–Crippen MR) is 89.4 cm³/mol. The van der Waals surface area contributed by atoms with Crippen LogP contribution in [0.15, 0.2) is 47.1 Å². The first-order valence-electron chi connectivity index (χ1n) is 6.90. The van der Waals surface area contributed by atoms with E-state index < -0.39 is 0 Å². The van der Waals surface area contributed by atoms with Crippen LogP contribution in [0.1, 0.15) is 11.1 Å². The fraction of sp³-hybridized carbons (Fsp3) is 0.176. The van der Waals surface area contributed by atoms with Crippen molar-refractivity contribution in [2.24, 2.45) is 0 Å². The molecule has 2 heterocycles. The molecule has 4 rings (SSSR count). The molecule has 0 radical (unpaired) electrons. The van der Waals surface area contributed by atoms with Crippen molar-refractivity contribution < 1.29 is 4.74 Å². The molecule has 1 aliphatic rings. The molecule has 3 aromatic rings. The van der Waals surface area contributed by atoms with Crippen LogP contribution >= 0.6 is 27.5 Å². The van der Waals surface area contributed by atoms with Crippen molar-refractivity contribution in [3.8, 4) is 5.75 Å². The van der Waals surface area contributed by atoms with Gasteiger partial charge in [-0.2, -0.15) is 0 Å². The Kier molecular flexibility index (Phi) is 3.20. The molecule has 0 saturated carbocycles. The van der Waals surface area contributed by atoms with Crippen LogP contribution in [0, 0.1) is 0 Å². The van der Waals surface area contributed by atoms with E-state index in [0.29, 0.717) is 0 Å². The highest BCUT2D eigenvalue weighted by Crippen LogP contribution is 2.34. The summed E-state index contributed by atoms with van der Waals surface area (Å²) in [6.07, 6.45) is 3.05. The summed E-state index contributed by atoms with van der Waals surface area (Å²) in [4.78, 5) is 0. The molecule has 0 atom stereocenters. The lowest BCUT2D eigenvalue weighted by atomic mass is 10.1. The first-order chi connectivity index (χ1) is 10.2. The number of ether oxygens (including phenoxy) is 1. The third-order valence-corrected chi connectivity index (χ3v) is 4.84. The average Bonchev–Trinajstić information content (AvgIpc) is 3.07. The lowest BCUT2D eigenvalue weighted by Gasteiger charge is -2.11. The Hall–Kier alpha value is -1.45. The van der Waals surface area contributed by atoms with Crippen LogP contribution in [-0.2, 0) is 13.0 Å². The van der Waals surface area contributed by atoms with Gasteiger partial charge in [0.25, 0.3) is 0 Å². The Bertz CT molecular complexity index is 840. The van der Waals surface area contributed by atoms with Gasteiger partial charge in [0.1, 0.15) is 5.75 Å². The summed E-state index contributed by atoms with van der Waals surface area (Å²) >= 11 is 9.84. The van der Waals surface area contributed by atoms with Gasteiger partial charge in [-0.3, -0.25) is 0 Å². The maximum atomic E-state index is 6.24. The van der Waals surface area contributed by atoms with E-state index in [9.17, 15) is 0 Å². The molecule has 0 spiro atoms. The molecule has 0 N–H and O–H groups in total. The van der Waals surface area contributed by atoms with E-state index in [2.05, 4.69) is 51.0 Å². The van der Waals surface area contributed by atoms with Crippen LogP contribution in [0.5, 0.6) is 5.75 Å². The lowest BCUT2D eigenvalue weighted by molar-refractivity contribution is 0.353. The Morgan fingerprint density at radius 1 is 1.24 bits per heavy atom. The van der Waals surface area contributed by atoms with Gasteiger partial charge in [-0.25, -0.2) is 0 Å². The van der Waals surface area contributed by atoms with E-state index >= 15 is 0 Å². The lowest BCUT2D eigenvalue weighted by Crippen LogP contribution is -2.00. The third-order valence-electron chi connectivity index (χ3n) is 3.93. The number of hydrogen-bond donors (Lipinski definition) is 0. The van der Waals surface area contributed by atoms with E-state index in [0.717, 1.165) is 40.4 Å². The van der Waals surface area contributed by atoms with Crippen molar-refractivity contribution in [1.29, 1.82) is 0 Å². The van der Waals surface area contributed by atoms with Gasteiger partial charge in [-0.15, -0.1) is 0 Å².